The lowest BCUT2D eigenvalue weighted by atomic mass is 10.2. The molecule has 0 bridgehead atoms. The second kappa shape index (κ2) is 7.52. The molecule has 0 fully saturated rings. The zero-order chi connectivity index (χ0) is 14.3. The summed E-state index contributed by atoms with van der Waals surface area (Å²) in [6, 6.07) is 6.06. The van der Waals surface area contributed by atoms with Gasteiger partial charge in [0.1, 0.15) is 0 Å². The summed E-state index contributed by atoms with van der Waals surface area (Å²) < 4.78 is 5.36. The summed E-state index contributed by atoms with van der Waals surface area (Å²) in [5, 5.41) is 4.41. The van der Waals surface area contributed by atoms with E-state index in [0.717, 1.165) is 0 Å². The quantitative estimate of drug-likeness (QED) is 0.819. The second-order valence-corrected chi connectivity index (χ2v) is 4.32. The van der Waals surface area contributed by atoms with Crippen LogP contribution in [0.5, 0.6) is 0 Å². The fourth-order valence-corrected chi connectivity index (χ4v) is 1.65. The Labute approximate surface area is 118 Å². The Hall–Kier alpha value is -1.89. The third-order valence-electron chi connectivity index (χ3n) is 2.02. The highest BCUT2D eigenvalue weighted by Crippen LogP contribution is 2.16. The molecular formula is C12H13BrN2O4. The molecule has 2 N–H and O–H groups in total. The maximum Gasteiger partial charge on any atom is 0.339 e. The monoisotopic (exact) mass is 328 g/mol. The number of amides is 3. The highest BCUT2D eigenvalue weighted by Gasteiger charge is 2.13. The van der Waals surface area contributed by atoms with E-state index in [2.05, 4.69) is 21.2 Å². The summed E-state index contributed by atoms with van der Waals surface area (Å²) in [6.07, 6.45) is 0. The Kier molecular flexibility index (Phi) is 6.01. The zero-order valence-corrected chi connectivity index (χ0v) is 11.8. The maximum absolute atomic E-state index is 11.6. The van der Waals surface area contributed by atoms with Crippen LogP contribution >= 0.6 is 15.9 Å². The van der Waals surface area contributed by atoms with Crippen molar-refractivity contribution in [3.63, 3.8) is 0 Å². The molecule has 0 radical (unpaired) electrons. The lowest BCUT2D eigenvalue weighted by Crippen LogP contribution is -2.41. The van der Waals surface area contributed by atoms with Crippen molar-refractivity contribution in [2.75, 3.05) is 13.2 Å². The summed E-state index contributed by atoms with van der Waals surface area (Å²) in [5.74, 6) is -1.33. The van der Waals surface area contributed by atoms with Crippen molar-refractivity contribution in [1.82, 2.24) is 10.6 Å². The Balaban J connectivity index is 2.45. The minimum atomic E-state index is -0.689. The lowest BCUT2D eigenvalue weighted by molar-refractivity contribution is -0.123. The molecule has 1 aromatic carbocycles. The molecule has 0 aliphatic heterocycles. The normalized spacial score (nSPS) is 9.58. The van der Waals surface area contributed by atoms with Crippen LogP contribution in [-0.2, 0) is 9.53 Å². The molecule has 0 saturated carbocycles. The first-order valence-corrected chi connectivity index (χ1v) is 6.33. The SMILES string of the molecule is CCNC(=O)NC(=O)COC(=O)c1ccccc1Br. The Morgan fingerprint density at radius 3 is 2.58 bits per heavy atom. The van der Waals surface area contributed by atoms with E-state index in [4.69, 9.17) is 4.74 Å². The van der Waals surface area contributed by atoms with Crippen LogP contribution in [0.3, 0.4) is 0 Å². The fraction of sp³-hybridized carbons (Fsp3) is 0.250. The zero-order valence-electron chi connectivity index (χ0n) is 10.2. The van der Waals surface area contributed by atoms with Crippen LogP contribution in [0.25, 0.3) is 0 Å². The first-order valence-electron chi connectivity index (χ1n) is 5.54. The van der Waals surface area contributed by atoms with Crippen molar-refractivity contribution in [3.05, 3.63) is 34.3 Å². The van der Waals surface area contributed by atoms with Crippen LogP contribution in [0, 0.1) is 0 Å². The van der Waals surface area contributed by atoms with Gasteiger partial charge in [0, 0.05) is 11.0 Å². The molecule has 0 spiro atoms. The molecule has 0 atom stereocenters. The number of benzene rings is 1. The van der Waals surface area contributed by atoms with Gasteiger partial charge in [-0.1, -0.05) is 12.1 Å². The molecule has 0 saturated heterocycles. The van der Waals surface area contributed by atoms with E-state index >= 15 is 0 Å². The molecule has 3 amide bonds. The van der Waals surface area contributed by atoms with Crippen LogP contribution in [0.1, 0.15) is 17.3 Å². The van der Waals surface area contributed by atoms with Crippen molar-refractivity contribution in [1.29, 1.82) is 0 Å². The topological polar surface area (TPSA) is 84.5 Å². The second-order valence-electron chi connectivity index (χ2n) is 3.46. The first kappa shape index (κ1) is 15.2. The maximum atomic E-state index is 11.6. The summed E-state index contributed by atoms with van der Waals surface area (Å²) in [7, 11) is 0. The summed E-state index contributed by atoms with van der Waals surface area (Å²) in [6.45, 7) is 1.60. The number of hydrogen-bond donors (Lipinski definition) is 2. The van der Waals surface area contributed by atoms with E-state index in [1.54, 1.807) is 31.2 Å². The largest absolute Gasteiger partial charge is 0.452 e. The molecular weight excluding hydrogens is 316 g/mol. The predicted molar refractivity (Wildman–Crippen MR) is 71.6 cm³/mol. The Morgan fingerprint density at radius 1 is 1.26 bits per heavy atom. The summed E-state index contributed by atoms with van der Waals surface area (Å²) in [5.41, 5.74) is 0.313. The van der Waals surface area contributed by atoms with Gasteiger partial charge in [-0.3, -0.25) is 10.1 Å². The molecule has 102 valence electrons. The van der Waals surface area contributed by atoms with Gasteiger partial charge >= 0.3 is 12.0 Å². The average molecular weight is 329 g/mol. The summed E-state index contributed by atoms with van der Waals surface area (Å²) >= 11 is 3.20. The Bertz CT molecular complexity index is 490. The molecule has 0 aliphatic carbocycles. The van der Waals surface area contributed by atoms with Crippen molar-refractivity contribution >= 4 is 33.8 Å². The number of rotatable bonds is 4. The standard InChI is InChI=1S/C12H13BrN2O4/c1-2-14-12(18)15-10(16)7-19-11(17)8-5-3-4-6-9(8)13/h3-6H,2,7H2,1H3,(H2,14,15,16,18). The van der Waals surface area contributed by atoms with Crippen LogP contribution in [0.4, 0.5) is 4.79 Å². The number of hydrogen-bond acceptors (Lipinski definition) is 4. The van der Waals surface area contributed by atoms with Gasteiger partial charge in [0.2, 0.25) is 0 Å². The lowest BCUT2D eigenvalue weighted by Gasteiger charge is -2.07. The number of esters is 1. The molecule has 0 unspecified atom stereocenters. The molecule has 6 nitrogen and oxygen atoms in total. The number of carbonyl (C=O) groups is 3. The third-order valence-corrected chi connectivity index (χ3v) is 2.71. The van der Waals surface area contributed by atoms with Crippen LogP contribution in [-0.4, -0.2) is 31.1 Å². The van der Waals surface area contributed by atoms with Gasteiger partial charge in [0.15, 0.2) is 6.61 Å². The minimum absolute atomic E-state index is 0.313. The van der Waals surface area contributed by atoms with Gasteiger partial charge in [-0.25, -0.2) is 9.59 Å². The minimum Gasteiger partial charge on any atom is -0.452 e. The number of nitrogens with one attached hydrogen (secondary N) is 2. The summed E-state index contributed by atoms with van der Waals surface area (Å²) in [4.78, 5) is 34.0. The smallest absolute Gasteiger partial charge is 0.339 e. The molecule has 7 heteroatoms. The third kappa shape index (κ3) is 5.09. The van der Waals surface area contributed by atoms with Gasteiger partial charge in [-0.05, 0) is 35.0 Å². The van der Waals surface area contributed by atoms with E-state index in [1.807, 2.05) is 5.32 Å². The molecule has 1 aromatic rings. The van der Waals surface area contributed by atoms with Crippen LogP contribution in [0.2, 0.25) is 0 Å². The van der Waals surface area contributed by atoms with E-state index in [-0.39, 0.29) is 0 Å². The van der Waals surface area contributed by atoms with Gasteiger partial charge < -0.3 is 10.1 Å². The van der Waals surface area contributed by atoms with E-state index < -0.39 is 24.5 Å². The number of carbonyl (C=O) groups excluding carboxylic acids is 3. The van der Waals surface area contributed by atoms with Crippen LogP contribution < -0.4 is 10.6 Å². The van der Waals surface area contributed by atoms with Crippen molar-refractivity contribution in [3.8, 4) is 0 Å². The number of halogens is 1. The first-order chi connectivity index (χ1) is 9.04. The molecule has 1 rings (SSSR count). The van der Waals surface area contributed by atoms with Gasteiger partial charge in [-0.15, -0.1) is 0 Å². The van der Waals surface area contributed by atoms with Gasteiger partial charge in [-0.2, -0.15) is 0 Å². The Morgan fingerprint density at radius 2 is 1.95 bits per heavy atom. The van der Waals surface area contributed by atoms with Crippen LogP contribution in [0.15, 0.2) is 28.7 Å². The number of urea groups is 1. The molecule has 0 aliphatic rings. The van der Waals surface area contributed by atoms with Crippen molar-refractivity contribution in [2.45, 2.75) is 6.92 Å². The van der Waals surface area contributed by atoms with E-state index in [9.17, 15) is 14.4 Å². The van der Waals surface area contributed by atoms with Crippen molar-refractivity contribution < 1.29 is 19.1 Å². The predicted octanol–water partition coefficient (Wildman–Crippen LogP) is 1.45. The highest BCUT2D eigenvalue weighted by molar-refractivity contribution is 9.10. The van der Waals surface area contributed by atoms with E-state index in [0.29, 0.717) is 16.6 Å². The molecule has 19 heavy (non-hydrogen) atoms. The van der Waals surface area contributed by atoms with Crippen molar-refractivity contribution in [2.24, 2.45) is 0 Å². The fourth-order valence-electron chi connectivity index (χ4n) is 1.20. The number of ether oxygens (including phenoxy) is 1. The molecule has 0 heterocycles. The van der Waals surface area contributed by atoms with Gasteiger partial charge in [0.05, 0.1) is 5.56 Å². The highest BCUT2D eigenvalue weighted by atomic mass is 79.9. The average Bonchev–Trinajstić information content (AvgIpc) is 2.36. The van der Waals surface area contributed by atoms with Gasteiger partial charge in [0.25, 0.3) is 5.91 Å². The van der Waals surface area contributed by atoms with E-state index in [1.165, 1.54) is 0 Å². The number of imide groups is 1. The molecule has 0 aromatic heterocycles.